The van der Waals surface area contributed by atoms with Crippen LogP contribution >= 0.6 is 0 Å². The van der Waals surface area contributed by atoms with Crippen LogP contribution in [0.25, 0.3) is 0 Å². The third-order valence-corrected chi connectivity index (χ3v) is 5.83. The molecule has 3 unspecified atom stereocenters. The average molecular weight is 354 g/mol. The minimum absolute atomic E-state index is 0.106. The van der Waals surface area contributed by atoms with Crippen LogP contribution < -0.4 is 0 Å². The van der Waals surface area contributed by atoms with Crippen molar-refractivity contribution in [1.82, 2.24) is 4.90 Å². The molecule has 0 amide bonds. The highest BCUT2D eigenvalue weighted by Crippen LogP contribution is 2.47. The summed E-state index contributed by atoms with van der Waals surface area (Å²) in [6, 6.07) is 16.1. The number of phenolic OH excluding ortho intramolecular Hbond substituents is 1. The van der Waals surface area contributed by atoms with Gasteiger partial charge in [0.2, 0.25) is 0 Å². The van der Waals surface area contributed by atoms with Crippen LogP contribution in [-0.4, -0.2) is 35.8 Å². The summed E-state index contributed by atoms with van der Waals surface area (Å²) in [5.74, 6) is 0.875. The Labute approximate surface area is 157 Å². The van der Waals surface area contributed by atoms with Gasteiger partial charge in [0.1, 0.15) is 5.75 Å². The molecule has 0 heterocycles. The number of nitrogens with zero attached hydrogens (tertiary/aromatic N) is 1. The van der Waals surface area contributed by atoms with Crippen molar-refractivity contribution in [3.63, 3.8) is 0 Å². The molecule has 140 valence electrons. The van der Waals surface area contributed by atoms with Crippen molar-refractivity contribution in [3.8, 4) is 5.75 Å². The van der Waals surface area contributed by atoms with Gasteiger partial charge in [-0.3, -0.25) is 0 Å². The van der Waals surface area contributed by atoms with E-state index in [1.165, 1.54) is 11.1 Å². The molecular weight excluding hydrogens is 322 g/mol. The molecule has 3 nitrogen and oxygen atoms in total. The molecular formula is C23H31NO2. The summed E-state index contributed by atoms with van der Waals surface area (Å²) in [4.78, 5) is 2.14. The highest BCUT2D eigenvalue weighted by atomic mass is 16.3. The van der Waals surface area contributed by atoms with Gasteiger partial charge in [-0.15, -0.1) is 0 Å². The highest BCUT2D eigenvalue weighted by molar-refractivity contribution is 5.38. The van der Waals surface area contributed by atoms with Gasteiger partial charge in [0.15, 0.2) is 0 Å². The number of phenols is 1. The van der Waals surface area contributed by atoms with Crippen LogP contribution in [0.2, 0.25) is 0 Å². The third kappa shape index (κ3) is 4.11. The Morgan fingerprint density at radius 2 is 1.77 bits per heavy atom. The maximum Gasteiger partial charge on any atom is 0.121 e. The standard InChI is InChI=1S/C23H31NO2/c1-17-8-10-18(11-9-17)14-19-12-13-23(26,20(15-19)16-24(2)3)21-6-4-5-7-22(21)25/h4-11,19-20,25-26H,12-16H2,1-3H3. The van der Waals surface area contributed by atoms with Gasteiger partial charge in [0.05, 0.1) is 5.60 Å². The van der Waals surface area contributed by atoms with E-state index in [-0.39, 0.29) is 11.7 Å². The van der Waals surface area contributed by atoms with E-state index in [9.17, 15) is 10.2 Å². The molecule has 1 aliphatic rings. The minimum atomic E-state index is -0.959. The van der Waals surface area contributed by atoms with Gasteiger partial charge in [0.25, 0.3) is 0 Å². The zero-order valence-electron chi connectivity index (χ0n) is 16.2. The Kier molecular flexibility index (Phi) is 5.69. The second kappa shape index (κ2) is 7.81. The van der Waals surface area contributed by atoms with Crippen LogP contribution in [0.15, 0.2) is 48.5 Å². The fourth-order valence-electron chi connectivity index (χ4n) is 4.45. The van der Waals surface area contributed by atoms with Crippen molar-refractivity contribution in [2.24, 2.45) is 11.8 Å². The number of hydrogen-bond donors (Lipinski definition) is 2. The van der Waals surface area contributed by atoms with Gasteiger partial charge >= 0.3 is 0 Å². The van der Waals surface area contributed by atoms with Crippen LogP contribution in [-0.2, 0) is 12.0 Å². The van der Waals surface area contributed by atoms with E-state index in [1.807, 2.05) is 18.2 Å². The highest BCUT2D eigenvalue weighted by Gasteiger charge is 2.44. The van der Waals surface area contributed by atoms with E-state index in [2.05, 4.69) is 50.2 Å². The van der Waals surface area contributed by atoms with Gasteiger partial charge in [-0.1, -0.05) is 48.0 Å². The Morgan fingerprint density at radius 3 is 2.42 bits per heavy atom. The van der Waals surface area contributed by atoms with Crippen LogP contribution in [0.3, 0.4) is 0 Å². The SMILES string of the molecule is Cc1ccc(CC2CCC(O)(c3ccccc3O)C(CN(C)C)C2)cc1. The first-order valence-electron chi connectivity index (χ1n) is 9.59. The van der Waals surface area contributed by atoms with Crippen molar-refractivity contribution in [2.45, 2.75) is 38.2 Å². The van der Waals surface area contributed by atoms with Crippen LogP contribution in [0.5, 0.6) is 5.75 Å². The quantitative estimate of drug-likeness (QED) is 0.850. The Morgan fingerprint density at radius 1 is 1.08 bits per heavy atom. The first kappa shape index (κ1) is 18.9. The number of hydrogen-bond acceptors (Lipinski definition) is 3. The molecule has 3 atom stereocenters. The molecule has 3 heteroatoms. The number of rotatable bonds is 5. The van der Waals surface area contributed by atoms with Crippen LogP contribution in [0.4, 0.5) is 0 Å². The van der Waals surface area contributed by atoms with Crippen molar-refractivity contribution >= 4 is 0 Å². The zero-order chi connectivity index (χ0) is 18.7. The molecule has 1 fully saturated rings. The number of aryl methyl sites for hydroxylation is 1. The molecule has 1 aliphatic carbocycles. The normalized spacial score (nSPS) is 26.2. The average Bonchev–Trinajstić information content (AvgIpc) is 2.60. The molecule has 2 N–H and O–H groups in total. The molecule has 0 spiro atoms. The van der Waals surface area contributed by atoms with E-state index < -0.39 is 5.60 Å². The molecule has 2 aromatic rings. The lowest BCUT2D eigenvalue weighted by Gasteiger charge is -2.44. The van der Waals surface area contributed by atoms with E-state index in [0.717, 1.165) is 25.8 Å². The minimum Gasteiger partial charge on any atom is -0.508 e. The summed E-state index contributed by atoms with van der Waals surface area (Å²) >= 11 is 0. The first-order valence-corrected chi connectivity index (χ1v) is 9.59. The summed E-state index contributed by atoms with van der Waals surface area (Å²) in [6.07, 6.45) is 3.69. The smallest absolute Gasteiger partial charge is 0.121 e. The van der Waals surface area contributed by atoms with Gasteiger partial charge in [-0.05, 0) is 64.3 Å². The lowest BCUT2D eigenvalue weighted by atomic mass is 9.66. The largest absolute Gasteiger partial charge is 0.508 e. The second-order valence-corrected chi connectivity index (χ2v) is 8.23. The number of aliphatic hydroxyl groups is 1. The monoisotopic (exact) mass is 353 g/mol. The second-order valence-electron chi connectivity index (χ2n) is 8.23. The summed E-state index contributed by atoms with van der Waals surface area (Å²) < 4.78 is 0. The molecule has 0 aromatic heterocycles. The molecule has 0 saturated heterocycles. The Bertz CT molecular complexity index is 725. The summed E-state index contributed by atoms with van der Waals surface area (Å²) in [5, 5.41) is 21.9. The van der Waals surface area contributed by atoms with Crippen molar-refractivity contribution < 1.29 is 10.2 Å². The number of para-hydroxylation sites is 1. The van der Waals surface area contributed by atoms with Crippen LogP contribution in [0, 0.1) is 18.8 Å². The van der Waals surface area contributed by atoms with Gasteiger partial charge < -0.3 is 15.1 Å². The summed E-state index contributed by atoms with van der Waals surface area (Å²) in [6.45, 7) is 2.93. The van der Waals surface area contributed by atoms with Gasteiger partial charge in [-0.25, -0.2) is 0 Å². The predicted octanol–water partition coefficient (Wildman–Crippen LogP) is 4.11. The number of aromatic hydroxyl groups is 1. The van der Waals surface area contributed by atoms with E-state index >= 15 is 0 Å². The van der Waals surface area contributed by atoms with E-state index in [4.69, 9.17) is 0 Å². The first-order chi connectivity index (χ1) is 12.4. The summed E-state index contributed by atoms with van der Waals surface area (Å²) in [7, 11) is 4.10. The topological polar surface area (TPSA) is 43.7 Å². The molecule has 0 radical (unpaired) electrons. The summed E-state index contributed by atoms with van der Waals surface area (Å²) in [5.41, 5.74) is 2.38. The Hall–Kier alpha value is -1.84. The maximum atomic E-state index is 11.6. The molecule has 0 bridgehead atoms. The molecule has 0 aliphatic heterocycles. The lowest BCUT2D eigenvalue weighted by molar-refractivity contribution is -0.0764. The molecule has 1 saturated carbocycles. The van der Waals surface area contributed by atoms with Gasteiger partial charge in [-0.2, -0.15) is 0 Å². The van der Waals surface area contributed by atoms with Crippen molar-refractivity contribution in [2.75, 3.05) is 20.6 Å². The van der Waals surface area contributed by atoms with Crippen molar-refractivity contribution in [1.29, 1.82) is 0 Å². The van der Waals surface area contributed by atoms with Crippen LogP contribution in [0.1, 0.15) is 36.0 Å². The fourth-order valence-corrected chi connectivity index (χ4v) is 4.45. The zero-order valence-corrected chi connectivity index (χ0v) is 16.2. The van der Waals surface area contributed by atoms with E-state index in [1.54, 1.807) is 6.07 Å². The van der Waals surface area contributed by atoms with E-state index in [0.29, 0.717) is 17.9 Å². The third-order valence-electron chi connectivity index (χ3n) is 5.83. The maximum absolute atomic E-state index is 11.6. The Balaban J connectivity index is 1.81. The predicted molar refractivity (Wildman–Crippen MR) is 106 cm³/mol. The molecule has 3 rings (SSSR count). The van der Waals surface area contributed by atoms with Gasteiger partial charge in [0, 0.05) is 18.0 Å². The molecule has 26 heavy (non-hydrogen) atoms. The molecule has 2 aromatic carbocycles. The lowest BCUT2D eigenvalue weighted by Crippen LogP contribution is -2.45. The fraction of sp³-hybridized carbons (Fsp3) is 0.478. The number of benzene rings is 2. The van der Waals surface area contributed by atoms with Crippen molar-refractivity contribution in [3.05, 3.63) is 65.2 Å².